The van der Waals surface area contributed by atoms with Crippen molar-refractivity contribution in [3.63, 3.8) is 0 Å². The minimum Gasteiger partial charge on any atom is -0.273 e. The van der Waals surface area contributed by atoms with Crippen molar-refractivity contribution >= 4 is 11.8 Å². The fourth-order valence-electron chi connectivity index (χ4n) is 1.93. The van der Waals surface area contributed by atoms with Crippen LogP contribution in [0.4, 0.5) is 0 Å². The molecular formula is C13H24N2O2. The van der Waals surface area contributed by atoms with Crippen LogP contribution >= 0.6 is 0 Å². The number of hydrogen-bond donors (Lipinski definition) is 2. The Kier molecular flexibility index (Phi) is 4.54. The van der Waals surface area contributed by atoms with Gasteiger partial charge in [-0.25, -0.2) is 0 Å². The van der Waals surface area contributed by atoms with Gasteiger partial charge in [-0.1, -0.05) is 27.7 Å². The molecule has 1 fully saturated rings. The summed E-state index contributed by atoms with van der Waals surface area (Å²) in [5.41, 5.74) is 4.55. The maximum Gasteiger partial charge on any atom is 0.243 e. The summed E-state index contributed by atoms with van der Waals surface area (Å²) in [5.74, 6) is 0.583. The normalized spacial score (nSPS) is 25.2. The summed E-state index contributed by atoms with van der Waals surface area (Å²) >= 11 is 0. The lowest BCUT2D eigenvalue weighted by Gasteiger charge is -2.26. The minimum absolute atomic E-state index is 0.0468. The largest absolute Gasteiger partial charge is 0.273 e. The predicted molar refractivity (Wildman–Crippen MR) is 66.9 cm³/mol. The molecule has 0 saturated heterocycles. The maximum absolute atomic E-state index is 11.8. The van der Waals surface area contributed by atoms with Gasteiger partial charge in [0.25, 0.3) is 0 Å². The summed E-state index contributed by atoms with van der Waals surface area (Å²) in [4.78, 5) is 23.4. The standard InChI is InChI=1S/C13H24N2O2/c1-9-5-7-10(8-6-9)11(16)14-15-12(17)13(2,3)4/h9-10H,5-8H2,1-4H3,(H,14,16)(H,15,17). The van der Waals surface area contributed by atoms with Crippen molar-refractivity contribution in [2.75, 3.05) is 0 Å². The number of rotatable bonds is 1. The predicted octanol–water partition coefficient (Wildman–Crippen LogP) is 2.01. The van der Waals surface area contributed by atoms with Gasteiger partial charge in [0.05, 0.1) is 0 Å². The number of nitrogens with one attached hydrogen (secondary N) is 2. The van der Waals surface area contributed by atoms with Gasteiger partial charge >= 0.3 is 0 Å². The fraction of sp³-hybridized carbons (Fsp3) is 0.846. The molecular weight excluding hydrogens is 216 g/mol. The molecule has 0 atom stereocenters. The van der Waals surface area contributed by atoms with Gasteiger partial charge in [-0.2, -0.15) is 0 Å². The number of hydrogen-bond acceptors (Lipinski definition) is 2. The second-order valence-electron chi connectivity index (χ2n) is 6.15. The van der Waals surface area contributed by atoms with Crippen LogP contribution in [0.25, 0.3) is 0 Å². The molecule has 0 aliphatic heterocycles. The molecule has 0 heterocycles. The van der Waals surface area contributed by atoms with Crippen molar-refractivity contribution in [3.8, 4) is 0 Å². The van der Waals surface area contributed by atoms with Crippen LogP contribution in [-0.2, 0) is 9.59 Å². The highest BCUT2D eigenvalue weighted by molar-refractivity contribution is 5.85. The maximum atomic E-state index is 11.8. The molecule has 1 aliphatic rings. The van der Waals surface area contributed by atoms with E-state index in [0.717, 1.165) is 31.6 Å². The van der Waals surface area contributed by atoms with Crippen LogP contribution < -0.4 is 10.9 Å². The third-order valence-electron chi connectivity index (χ3n) is 3.37. The first-order valence-corrected chi connectivity index (χ1v) is 6.41. The van der Waals surface area contributed by atoms with Gasteiger partial charge in [0, 0.05) is 11.3 Å². The number of hydrazine groups is 1. The number of carbonyl (C=O) groups excluding carboxylic acids is 2. The molecule has 0 aromatic carbocycles. The molecule has 1 rings (SSSR count). The van der Waals surface area contributed by atoms with Crippen molar-refractivity contribution in [2.45, 2.75) is 53.4 Å². The summed E-state index contributed by atoms with van der Waals surface area (Å²) in [7, 11) is 0. The van der Waals surface area contributed by atoms with E-state index in [0.29, 0.717) is 0 Å². The smallest absolute Gasteiger partial charge is 0.243 e. The molecule has 17 heavy (non-hydrogen) atoms. The van der Waals surface area contributed by atoms with E-state index in [2.05, 4.69) is 17.8 Å². The van der Waals surface area contributed by atoms with Gasteiger partial charge in [0.15, 0.2) is 0 Å². The average Bonchev–Trinajstić information content (AvgIpc) is 2.25. The summed E-state index contributed by atoms with van der Waals surface area (Å²) in [6.45, 7) is 7.67. The summed E-state index contributed by atoms with van der Waals surface area (Å²) < 4.78 is 0. The molecule has 0 aromatic heterocycles. The topological polar surface area (TPSA) is 58.2 Å². The van der Waals surface area contributed by atoms with Crippen LogP contribution in [-0.4, -0.2) is 11.8 Å². The summed E-state index contributed by atoms with van der Waals surface area (Å²) in [6.07, 6.45) is 4.06. The Morgan fingerprint density at radius 1 is 1.00 bits per heavy atom. The first kappa shape index (κ1) is 14.0. The highest BCUT2D eigenvalue weighted by Crippen LogP contribution is 2.28. The summed E-state index contributed by atoms with van der Waals surface area (Å²) in [5, 5.41) is 0. The zero-order valence-electron chi connectivity index (χ0n) is 11.3. The van der Waals surface area contributed by atoms with E-state index in [1.54, 1.807) is 0 Å². The van der Waals surface area contributed by atoms with Gasteiger partial charge in [-0.05, 0) is 31.6 Å². The zero-order valence-corrected chi connectivity index (χ0v) is 11.3. The van der Waals surface area contributed by atoms with Crippen molar-refractivity contribution in [2.24, 2.45) is 17.3 Å². The summed E-state index contributed by atoms with van der Waals surface area (Å²) in [6, 6.07) is 0. The molecule has 4 heteroatoms. The van der Waals surface area contributed by atoms with E-state index in [1.807, 2.05) is 20.8 Å². The van der Waals surface area contributed by atoms with Crippen LogP contribution in [0.1, 0.15) is 53.4 Å². The number of amides is 2. The van der Waals surface area contributed by atoms with Gasteiger partial charge < -0.3 is 0 Å². The molecule has 0 unspecified atom stereocenters. The molecule has 1 saturated carbocycles. The first-order chi connectivity index (χ1) is 7.80. The Bertz CT molecular complexity index is 286. The van der Waals surface area contributed by atoms with E-state index in [4.69, 9.17) is 0 Å². The van der Waals surface area contributed by atoms with E-state index in [-0.39, 0.29) is 17.7 Å². The molecule has 0 bridgehead atoms. The molecule has 98 valence electrons. The minimum atomic E-state index is -0.478. The van der Waals surface area contributed by atoms with Crippen molar-refractivity contribution in [3.05, 3.63) is 0 Å². The third-order valence-corrected chi connectivity index (χ3v) is 3.37. The monoisotopic (exact) mass is 240 g/mol. The Morgan fingerprint density at radius 2 is 1.53 bits per heavy atom. The molecule has 2 amide bonds. The van der Waals surface area contributed by atoms with E-state index < -0.39 is 5.41 Å². The molecule has 2 N–H and O–H groups in total. The molecule has 4 nitrogen and oxygen atoms in total. The van der Waals surface area contributed by atoms with Gasteiger partial charge in [-0.3, -0.25) is 20.4 Å². The number of carbonyl (C=O) groups is 2. The van der Waals surface area contributed by atoms with Crippen LogP contribution in [0.5, 0.6) is 0 Å². The van der Waals surface area contributed by atoms with Crippen molar-refractivity contribution in [1.82, 2.24) is 10.9 Å². The first-order valence-electron chi connectivity index (χ1n) is 6.41. The molecule has 0 radical (unpaired) electrons. The quantitative estimate of drug-likeness (QED) is 0.689. The Labute approximate surface area is 104 Å². The Balaban J connectivity index is 2.33. The highest BCUT2D eigenvalue weighted by atomic mass is 16.2. The Morgan fingerprint density at radius 3 is 2.00 bits per heavy atom. The average molecular weight is 240 g/mol. The van der Waals surface area contributed by atoms with Gasteiger partial charge in [-0.15, -0.1) is 0 Å². The third kappa shape index (κ3) is 4.36. The van der Waals surface area contributed by atoms with Crippen LogP contribution in [0.15, 0.2) is 0 Å². The van der Waals surface area contributed by atoms with E-state index >= 15 is 0 Å². The lowest BCUT2D eigenvalue weighted by molar-refractivity contribution is -0.135. The van der Waals surface area contributed by atoms with Crippen molar-refractivity contribution < 1.29 is 9.59 Å². The Hall–Kier alpha value is -1.06. The molecule has 1 aliphatic carbocycles. The zero-order chi connectivity index (χ0) is 13.1. The van der Waals surface area contributed by atoms with Crippen LogP contribution in [0.3, 0.4) is 0 Å². The highest BCUT2D eigenvalue weighted by Gasteiger charge is 2.26. The fourth-order valence-corrected chi connectivity index (χ4v) is 1.93. The van der Waals surface area contributed by atoms with Crippen LogP contribution in [0.2, 0.25) is 0 Å². The van der Waals surface area contributed by atoms with Gasteiger partial charge in [0.1, 0.15) is 0 Å². The SMILES string of the molecule is CC1CCC(C(=O)NNC(=O)C(C)(C)C)CC1. The van der Waals surface area contributed by atoms with Crippen molar-refractivity contribution in [1.29, 1.82) is 0 Å². The second kappa shape index (κ2) is 5.52. The molecule has 0 spiro atoms. The van der Waals surface area contributed by atoms with E-state index in [1.165, 1.54) is 0 Å². The lowest BCUT2D eigenvalue weighted by Crippen LogP contribution is -2.48. The van der Waals surface area contributed by atoms with Gasteiger partial charge in [0.2, 0.25) is 11.8 Å². The van der Waals surface area contributed by atoms with Crippen LogP contribution in [0, 0.1) is 17.3 Å². The lowest BCUT2D eigenvalue weighted by atomic mass is 9.83. The van der Waals surface area contributed by atoms with E-state index in [9.17, 15) is 9.59 Å². The molecule has 0 aromatic rings. The second-order valence-corrected chi connectivity index (χ2v) is 6.15.